The van der Waals surface area contributed by atoms with Gasteiger partial charge in [-0.15, -0.1) is 12.4 Å². The fourth-order valence-corrected chi connectivity index (χ4v) is 4.32. The number of ether oxygens (including phenoxy) is 1. The summed E-state index contributed by atoms with van der Waals surface area (Å²) in [4.78, 5) is 34.9. The summed E-state index contributed by atoms with van der Waals surface area (Å²) >= 11 is 0. The van der Waals surface area contributed by atoms with Gasteiger partial charge in [0.2, 0.25) is 5.91 Å². The highest BCUT2D eigenvalue weighted by atomic mass is 35.5. The molecule has 1 aliphatic heterocycles. The number of benzene rings is 2. The van der Waals surface area contributed by atoms with Crippen LogP contribution in [-0.4, -0.2) is 66.4 Å². The molecule has 4 rings (SSSR count). The van der Waals surface area contributed by atoms with Crippen LogP contribution in [0.5, 0.6) is 5.75 Å². The minimum absolute atomic E-state index is 0. The van der Waals surface area contributed by atoms with Crippen LogP contribution in [0.2, 0.25) is 0 Å². The number of carbonyl (C=O) groups excluding carboxylic acids is 2. The van der Waals surface area contributed by atoms with Gasteiger partial charge in [0.25, 0.3) is 5.91 Å². The van der Waals surface area contributed by atoms with E-state index in [0.717, 1.165) is 38.0 Å². The number of nitrogens with zero attached hydrogens (tertiary/aromatic N) is 3. The van der Waals surface area contributed by atoms with Gasteiger partial charge in [0.05, 0.1) is 7.11 Å². The number of hydrogen-bond donors (Lipinski definition) is 1. The number of nitrogens with one attached hydrogen (secondary N) is 1. The molecule has 2 amide bonds. The third kappa shape index (κ3) is 7.29. The largest absolute Gasteiger partial charge is 0.497 e. The van der Waals surface area contributed by atoms with Crippen LogP contribution in [0.25, 0.3) is 0 Å². The van der Waals surface area contributed by atoms with E-state index in [2.05, 4.69) is 21.3 Å². The molecular weight excluding hydrogens is 476 g/mol. The zero-order chi connectivity index (χ0) is 24.5. The molecular formula is C28H33ClN4O3. The Labute approximate surface area is 218 Å². The van der Waals surface area contributed by atoms with Crippen LogP contribution in [0.4, 0.5) is 0 Å². The number of carbonyl (C=O) groups is 2. The lowest BCUT2D eigenvalue weighted by Gasteiger charge is -2.36. The second-order valence-electron chi connectivity index (χ2n) is 8.68. The predicted molar refractivity (Wildman–Crippen MR) is 142 cm³/mol. The Kier molecular flexibility index (Phi) is 10.3. The third-order valence-electron chi connectivity index (χ3n) is 6.35. The van der Waals surface area contributed by atoms with Gasteiger partial charge in [-0.3, -0.25) is 19.5 Å². The molecule has 8 heteroatoms. The van der Waals surface area contributed by atoms with Crippen molar-refractivity contribution in [3.8, 4) is 5.75 Å². The number of halogens is 1. The van der Waals surface area contributed by atoms with E-state index in [0.29, 0.717) is 24.4 Å². The maximum atomic E-state index is 13.5. The van der Waals surface area contributed by atoms with Crippen LogP contribution < -0.4 is 10.1 Å². The van der Waals surface area contributed by atoms with E-state index >= 15 is 0 Å². The molecule has 1 saturated heterocycles. The third-order valence-corrected chi connectivity index (χ3v) is 6.35. The van der Waals surface area contributed by atoms with Crippen LogP contribution in [0.3, 0.4) is 0 Å². The van der Waals surface area contributed by atoms with E-state index in [4.69, 9.17) is 4.74 Å². The fraction of sp³-hybridized carbons (Fsp3) is 0.321. The molecule has 0 radical (unpaired) electrons. The summed E-state index contributed by atoms with van der Waals surface area (Å²) in [6.45, 7) is 3.94. The average molecular weight is 509 g/mol. The number of pyridine rings is 1. The molecule has 3 aromatic rings. The van der Waals surface area contributed by atoms with Crippen LogP contribution in [-0.2, 0) is 11.2 Å². The summed E-state index contributed by atoms with van der Waals surface area (Å²) < 4.78 is 5.17. The summed E-state index contributed by atoms with van der Waals surface area (Å²) in [5.41, 5.74) is 2.51. The number of rotatable bonds is 9. The molecule has 36 heavy (non-hydrogen) atoms. The van der Waals surface area contributed by atoms with Gasteiger partial charge in [-0.25, -0.2) is 0 Å². The SMILES string of the molecule is COc1ccc(C(=O)N[C@@H](C(=O)N2CCN(CCCc3cccnc3)CC2)c2ccccc2)cc1.Cl. The van der Waals surface area contributed by atoms with Crippen molar-refractivity contribution in [2.24, 2.45) is 0 Å². The quantitative estimate of drug-likeness (QED) is 0.476. The van der Waals surface area contributed by atoms with Crippen molar-refractivity contribution in [2.75, 3.05) is 39.8 Å². The molecule has 0 unspecified atom stereocenters. The molecule has 1 aliphatic rings. The van der Waals surface area contributed by atoms with E-state index in [1.54, 1.807) is 37.6 Å². The van der Waals surface area contributed by atoms with E-state index in [9.17, 15) is 9.59 Å². The Morgan fingerprint density at radius 3 is 2.33 bits per heavy atom. The standard InChI is InChI=1S/C28H32N4O3.ClH/c1-35-25-13-11-24(12-14-25)27(33)30-26(23-9-3-2-4-10-23)28(34)32-19-17-31(18-20-32)16-6-8-22-7-5-15-29-21-22;/h2-5,7,9-15,21,26H,6,8,16-20H2,1H3,(H,30,33);1H/t26-;/m1./s1. The molecule has 7 nitrogen and oxygen atoms in total. The van der Waals surface area contributed by atoms with Crippen LogP contribution in [0.15, 0.2) is 79.1 Å². The highest BCUT2D eigenvalue weighted by Gasteiger charge is 2.30. The average Bonchev–Trinajstić information content (AvgIpc) is 2.93. The van der Waals surface area contributed by atoms with Crippen molar-refractivity contribution in [2.45, 2.75) is 18.9 Å². The Hall–Kier alpha value is -3.42. The zero-order valence-electron chi connectivity index (χ0n) is 20.5. The molecule has 190 valence electrons. The number of aryl methyl sites for hydroxylation is 1. The van der Waals surface area contributed by atoms with Crippen LogP contribution >= 0.6 is 12.4 Å². The van der Waals surface area contributed by atoms with E-state index in [1.165, 1.54) is 5.56 Å². The molecule has 0 aliphatic carbocycles. The molecule has 0 spiro atoms. The van der Waals surface area contributed by atoms with Gasteiger partial charge >= 0.3 is 0 Å². The lowest BCUT2D eigenvalue weighted by atomic mass is 10.0. The molecule has 1 aromatic heterocycles. The second kappa shape index (κ2) is 13.6. The summed E-state index contributed by atoms with van der Waals surface area (Å²) in [6, 6.07) is 19.6. The van der Waals surface area contributed by atoms with Gasteiger partial charge in [-0.2, -0.15) is 0 Å². The van der Waals surface area contributed by atoms with Crippen molar-refractivity contribution in [3.63, 3.8) is 0 Å². The van der Waals surface area contributed by atoms with E-state index in [-0.39, 0.29) is 24.2 Å². The lowest BCUT2D eigenvalue weighted by molar-refractivity contribution is -0.135. The number of amides is 2. The first kappa shape index (κ1) is 27.2. The van der Waals surface area contributed by atoms with Gasteiger partial charge in [0, 0.05) is 44.1 Å². The van der Waals surface area contributed by atoms with Crippen molar-refractivity contribution in [1.29, 1.82) is 0 Å². The molecule has 0 saturated carbocycles. The summed E-state index contributed by atoms with van der Waals surface area (Å²) in [5, 5.41) is 2.96. The number of aromatic nitrogens is 1. The first-order chi connectivity index (χ1) is 17.1. The fourth-order valence-electron chi connectivity index (χ4n) is 4.32. The summed E-state index contributed by atoms with van der Waals surface area (Å²) in [6.07, 6.45) is 5.77. The van der Waals surface area contributed by atoms with Gasteiger partial charge in [-0.05, 0) is 60.8 Å². The van der Waals surface area contributed by atoms with Crippen molar-refractivity contribution in [3.05, 3.63) is 95.8 Å². The summed E-state index contributed by atoms with van der Waals surface area (Å²) in [7, 11) is 1.58. The van der Waals surface area contributed by atoms with Crippen LogP contribution in [0, 0.1) is 0 Å². The van der Waals surface area contributed by atoms with E-state index < -0.39 is 6.04 Å². The Balaban J connectivity index is 0.00000361. The van der Waals surface area contributed by atoms with Crippen molar-refractivity contribution >= 4 is 24.2 Å². The Bertz CT molecular complexity index is 1090. The number of methoxy groups -OCH3 is 1. The number of piperazine rings is 1. The van der Waals surface area contributed by atoms with Crippen molar-refractivity contribution in [1.82, 2.24) is 20.1 Å². The molecule has 1 N–H and O–H groups in total. The van der Waals surface area contributed by atoms with Gasteiger partial charge < -0.3 is 15.0 Å². The minimum atomic E-state index is -0.733. The first-order valence-electron chi connectivity index (χ1n) is 12.0. The topological polar surface area (TPSA) is 74.8 Å². The van der Waals surface area contributed by atoms with E-state index in [1.807, 2.05) is 47.5 Å². The zero-order valence-corrected chi connectivity index (χ0v) is 21.3. The highest BCUT2D eigenvalue weighted by Crippen LogP contribution is 2.19. The second-order valence-corrected chi connectivity index (χ2v) is 8.68. The Morgan fingerprint density at radius 2 is 1.69 bits per heavy atom. The van der Waals surface area contributed by atoms with Crippen LogP contribution in [0.1, 0.15) is 33.9 Å². The number of hydrogen-bond acceptors (Lipinski definition) is 5. The van der Waals surface area contributed by atoms with Crippen molar-refractivity contribution < 1.29 is 14.3 Å². The van der Waals surface area contributed by atoms with Gasteiger partial charge in [-0.1, -0.05) is 36.4 Å². The smallest absolute Gasteiger partial charge is 0.252 e. The summed E-state index contributed by atoms with van der Waals surface area (Å²) in [5.74, 6) is 0.313. The maximum absolute atomic E-state index is 13.5. The monoisotopic (exact) mass is 508 g/mol. The molecule has 2 aromatic carbocycles. The molecule has 0 bridgehead atoms. The first-order valence-corrected chi connectivity index (χ1v) is 12.0. The molecule has 1 fully saturated rings. The molecule has 2 heterocycles. The maximum Gasteiger partial charge on any atom is 0.252 e. The van der Waals surface area contributed by atoms with Gasteiger partial charge in [0.1, 0.15) is 11.8 Å². The van der Waals surface area contributed by atoms with Gasteiger partial charge in [0.15, 0.2) is 0 Å². The predicted octanol–water partition coefficient (Wildman–Crippen LogP) is 3.76. The normalized spacial score (nSPS) is 14.4. The highest BCUT2D eigenvalue weighted by molar-refractivity contribution is 5.98. The molecule has 1 atom stereocenters. The lowest BCUT2D eigenvalue weighted by Crippen LogP contribution is -2.52. The minimum Gasteiger partial charge on any atom is -0.497 e. The Morgan fingerprint density at radius 1 is 0.972 bits per heavy atom.